The van der Waals surface area contributed by atoms with Crippen LogP contribution in [-0.4, -0.2) is 101 Å². The van der Waals surface area contributed by atoms with Gasteiger partial charge in [-0.15, -0.1) is 0 Å². The van der Waals surface area contributed by atoms with Gasteiger partial charge in [-0.2, -0.15) is 0 Å². The van der Waals surface area contributed by atoms with Crippen LogP contribution in [0.25, 0.3) is 0 Å². The van der Waals surface area contributed by atoms with Crippen molar-refractivity contribution in [3.63, 3.8) is 0 Å². The molecule has 0 heterocycles. The molecule has 1 unspecified atom stereocenters. The SMILES string of the molecule is CC(O)CNCCNCCNCCNCCNCCNCCO. The summed E-state index contributed by atoms with van der Waals surface area (Å²) in [7, 11) is 0. The van der Waals surface area contributed by atoms with Crippen LogP contribution in [0.4, 0.5) is 0 Å². The minimum atomic E-state index is -0.276. The zero-order chi connectivity index (χ0) is 17.0. The van der Waals surface area contributed by atoms with E-state index >= 15 is 0 Å². The van der Waals surface area contributed by atoms with Crippen LogP contribution in [0.1, 0.15) is 6.92 Å². The van der Waals surface area contributed by atoms with Crippen molar-refractivity contribution in [3.8, 4) is 0 Å². The molecule has 8 heteroatoms. The molecule has 0 aromatic heterocycles. The van der Waals surface area contributed by atoms with Crippen molar-refractivity contribution in [2.24, 2.45) is 0 Å². The third-order valence-corrected chi connectivity index (χ3v) is 3.12. The Morgan fingerprint density at radius 2 is 0.870 bits per heavy atom. The van der Waals surface area contributed by atoms with Crippen LogP contribution in [0.3, 0.4) is 0 Å². The van der Waals surface area contributed by atoms with Gasteiger partial charge in [0.15, 0.2) is 0 Å². The third kappa shape index (κ3) is 21.7. The summed E-state index contributed by atoms with van der Waals surface area (Å²) in [6.07, 6.45) is -0.276. The molecule has 0 radical (unpaired) electrons. The number of nitrogens with one attached hydrogen (secondary N) is 6. The topological polar surface area (TPSA) is 113 Å². The van der Waals surface area contributed by atoms with Crippen molar-refractivity contribution in [2.45, 2.75) is 13.0 Å². The molecule has 0 aliphatic rings. The van der Waals surface area contributed by atoms with Gasteiger partial charge in [0, 0.05) is 78.5 Å². The molecule has 0 aliphatic heterocycles. The summed E-state index contributed by atoms with van der Waals surface area (Å²) >= 11 is 0. The molecule has 0 aromatic rings. The largest absolute Gasteiger partial charge is 0.395 e. The van der Waals surface area contributed by atoms with Gasteiger partial charge >= 0.3 is 0 Å². The molecule has 23 heavy (non-hydrogen) atoms. The number of aliphatic hydroxyl groups excluding tert-OH is 2. The highest BCUT2D eigenvalue weighted by molar-refractivity contribution is 4.59. The molecular formula is C15H38N6O2. The summed E-state index contributed by atoms with van der Waals surface area (Å²) in [6, 6.07) is 0. The molecule has 0 amide bonds. The lowest BCUT2D eigenvalue weighted by Crippen LogP contribution is -2.37. The van der Waals surface area contributed by atoms with Crippen molar-refractivity contribution in [1.29, 1.82) is 0 Å². The van der Waals surface area contributed by atoms with Gasteiger partial charge in [-0.05, 0) is 6.92 Å². The van der Waals surface area contributed by atoms with E-state index in [1.54, 1.807) is 6.92 Å². The van der Waals surface area contributed by atoms with Gasteiger partial charge in [-0.25, -0.2) is 0 Å². The van der Waals surface area contributed by atoms with Gasteiger partial charge in [0.25, 0.3) is 0 Å². The van der Waals surface area contributed by atoms with E-state index in [9.17, 15) is 0 Å². The van der Waals surface area contributed by atoms with Gasteiger partial charge in [-0.1, -0.05) is 0 Å². The third-order valence-electron chi connectivity index (χ3n) is 3.12. The van der Waals surface area contributed by atoms with Crippen LogP contribution in [0.15, 0.2) is 0 Å². The zero-order valence-electron chi connectivity index (χ0n) is 14.7. The van der Waals surface area contributed by atoms with Gasteiger partial charge in [-0.3, -0.25) is 0 Å². The monoisotopic (exact) mass is 334 g/mol. The number of aliphatic hydroxyl groups is 2. The standard InChI is InChI=1S/C15H38N6O2/c1-15(23)14-21-11-10-19-7-6-17-3-2-16-4-5-18-8-9-20-12-13-22/h15-23H,2-14H2,1H3. The van der Waals surface area contributed by atoms with Crippen LogP contribution in [0.2, 0.25) is 0 Å². The minimum Gasteiger partial charge on any atom is -0.395 e. The van der Waals surface area contributed by atoms with E-state index in [0.717, 1.165) is 65.4 Å². The van der Waals surface area contributed by atoms with Gasteiger partial charge < -0.3 is 42.1 Å². The van der Waals surface area contributed by atoms with E-state index in [2.05, 4.69) is 31.9 Å². The maximum atomic E-state index is 9.07. The first-order valence-electron chi connectivity index (χ1n) is 8.80. The van der Waals surface area contributed by atoms with Gasteiger partial charge in [0.05, 0.1) is 12.7 Å². The molecule has 8 nitrogen and oxygen atoms in total. The van der Waals surface area contributed by atoms with E-state index in [-0.39, 0.29) is 12.7 Å². The predicted octanol–water partition coefficient (Wildman–Crippen LogP) is -3.10. The summed E-state index contributed by atoms with van der Waals surface area (Å²) in [6.45, 7) is 12.7. The van der Waals surface area contributed by atoms with Gasteiger partial charge in [0.2, 0.25) is 0 Å². The molecule has 0 saturated heterocycles. The smallest absolute Gasteiger partial charge is 0.0636 e. The fraction of sp³-hybridized carbons (Fsp3) is 1.00. The van der Waals surface area contributed by atoms with E-state index in [4.69, 9.17) is 10.2 Å². The van der Waals surface area contributed by atoms with E-state index in [1.165, 1.54) is 0 Å². The Balaban J connectivity index is 2.95. The lowest BCUT2D eigenvalue weighted by molar-refractivity contribution is 0.191. The average Bonchev–Trinajstić information content (AvgIpc) is 2.53. The Kier molecular flexibility index (Phi) is 19.5. The second-order valence-electron chi connectivity index (χ2n) is 5.53. The summed E-state index contributed by atoms with van der Waals surface area (Å²) in [5, 5.41) is 37.4. The lowest BCUT2D eigenvalue weighted by Gasteiger charge is -2.09. The first kappa shape index (κ1) is 22.7. The molecule has 0 aromatic carbocycles. The number of hydrogen-bond acceptors (Lipinski definition) is 8. The van der Waals surface area contributed by atoms with Crippen molar-refractivity contribution in [3.05, 3.63) is 0 Å². The summed E-state index contributed by atoms with van der Waals surface area (Å²) < 4.78 is 0. The Morgan fingerprint density at radius 3 is 1.17 bits per heavy atom. The van der Waals surface area contributed by atoms with Crippen LogP contribution in [0.5, 0.6) is 0 Å². The van der Waals surface area contributed by atoms with Crippen LogP contribution in [0, 0.1) is 0 Å². The summed E-state index contributed by atoms with van der Waals surface area (Å²) in [4.78, 5) is 0. The van der Waals surface area contributed by atoms with E-state index < -0.39 is 0 Å². The fourth-order valence-electron chi connectivity index (χ4n) is 1.90. The molecule has 0 bridgehead atoms. The second kappa shape index (κ2) is 19.7. The Bertz CT molecular complexity index is 222. The molecule has 1 atom stereocenters. The van der Waals surface area contributed by atoms with Crippen molar-refractivity contribution in [2.75, 3.05) is 85.1 Å². The van der Waals surface area contributed by atoms with Crippen LogP contribution < -0.4 is 31.9 Å². The Labute approximate surface area is 141 Å². The second-order valence-corrected chi connectivity index (χ2v) is 5.53. The van der Waals surface area contributed by atoms with Crippen molar-refractivity contribution < 1.29 is 10.2 Å². The fourth-order valence-corrected chi connectivity index (χ4v) is 1.90. The molecule has 0 rings (SSSR count). The summed E-state index contributed by atoms with van der Waals surface area (Å²) in [5.41, 5.74) is 0. The molecule has 0 spiro atoms. The quantitative estimate of drug-likeness (QED) is 0.117. The van der Waals surface area contributed by atoms with Crippen molar-refractivity contribution in [1.82, 2.24) is 31.9 Å². The molecule has 0 fully saturated rings. The molecule has 140 valence electrons. The number of hydrogen-bond donors (Lipinski definition) is 8. The highest BCUT2D eigenvalue weighted by atomic mass is 16.3. The minimum absolute atomic E-state index is 0.198. The van der Waals surface area contributed by atoms with Crippen LogP contribution >= 0.6 is 0 Å². The maximum Gasteiger partial charge on any atom is 0.0636 e. The normalized spacial score (nSPS) is 12.7. The maximum absolute atomic E-state index is 9.07. The molecular weight excluding hydrogens is 296 g/mol. The highest BCUT2D eigenvalue weighted by Crippen LogP contribution is 1.72. The summed E-state index contributed by atoms with van der Waals surface area (Å²) in [5.74, 6) is 0. The predicted molar refractivity (Wildman–Crippen MR) is 96.0 cm³/mol. The first-order valence-corrected chi connectivity index (χ1v) is 8.80. The number of rotatable bonds is 19. The van der Waals surface area contributed by atoms with Crippen molar-refractivity contribution >= 4 is 0 Å². The average molecular weight is 335 g/mol. The van der Waals surface area contributed by atoms with Crippen LogP contribution in [-0.2, 0) is 0 Å². The molecule has 8 N–H and O–H groups in total. The Hall–Kier alpha value is -0.320. The molecule has 0 saturated carbocycles. The van der Waals surface area contributed by atoms with Gasteiger partial charge in [0.1, 0.15) is 0 Å². The highest BCUT2D eigenvalue weighted by Gasteiger charge is 1.93. The van der Waals surface area contributed by atoms with E-state index in [0.29, 0.717) is 13.1 Å². The Morgan fingerprint density at radius 1 is 0.565 bits per heavy atom. The lowest BCUT2D eigenvalue weighted by atomic mass is 10.4. The first-order chi connectivity index (χ1) is 11.3. The zero-order valence-corrected chi connectivity index (χ0v) is 14.7. The van der Waals surface area contributed by atoms with E-state index in [1.807, 2.05) is 0 Å². The molecule has 0 aliphatic carbocycles.